The first-order valence-electron chi connectivity index (χ1n) is 14.7. The first-order valence-corrected chi connectivity index (χ1v) is 14.7. The summed E-state index contributed by atoms with van der Waals surface area (Å²) in [6.45, 7) is 15.4. The Labute approximate surface area is 213 Å². The number of hydrogen-bond donors (Lipinski definition) is 2. The highest BCUT2D eigenvalue weighted by Crippen LogP contribution is 2.88. The Kier molecular flexibility index (Phi) is 4.93. The molecule has 6 aliphatic rings. The molecule has 4 nitrogen and oxygen atoms in total. The van der Waals surface area contributed by atoms with E-state index in [2.05, 4.69) is 34.6 Å². The molecule has 4 heteroatoms. The van der Waals surface area contributed by atoms with E-state index in [0.29, 0.717) is 28.4 Å². The van der Waals surface area contributed by atoms with Gasteiger partial charge in [-0.2, -0.15) is 0 Å². The van der Waals surface area contributed by atoms with Crippen LogP contribution in [-0.2, 0) is 9.53 Å². The molecule has 5 unspecified atom stereocenters. The van der Waals surface area contributed by atoms with Crippen LogP contribution in [0.2, 0.25) is 0 Å². The lowest BCUT2D eigenvalue weighted by Crippen LogP contribution is -2.57. The van der Waals surface area contributed by atoms with Crippen LogP contribution in [0, 0.1) is 44.8 Å². The normalized spacial score (nSPS) is 56.7. The van der Waals surface area contributed by atoms with Gasteiger partial charge in [0.15, 0.2) is 0 Å². The minimum atomic E-state index is -0.824. The van der Waals surface area contributed by atoms with Gasteiger partial charge in [0.05, 0.1) is 23.4 Å². The minimum Gasteiger partial charge on any atom is -0.393 e. The van der Waals surface area contributed by atoms with E-state index in [1.165, 1.54) is 32.1 Å². The van der Waals surface area contributed by atoms with Gasteiger partial charge >= 0.3 is 0 Å². The minimum absolute atomic E-state index is 0.109. The molecular weight excluding hydrogens is 436 g/mol. The van der Waals surface area contributed by atoms with E-state index >= 15 is 0 Å². The third-order valence-electron chi connectivity index (χ3n) is 13.8. The lowest BCUT2D eigenvalue weighted by molar-refractivity contribution is -0.161. The number of ketones is 1. The highest BCUT2D eigenvalue weighted by Gasteiger charge is 2.82. The molecule has 35 heavy (non-hydrogen) atoms. The van der Waals surface area contributed by atoms with Crippen molar-refractivity contribution in [2.75, 3.05) is 0 Å². The molecule has 5 saturated carbocycles. The fourth-order valence-corrected chi connectivity index (χ4v) is 11.7. The molecule has 1 heterocycles. The Bertz CT molecular complexity index is 935. The van der Waals surface area contributed by atoms with Crippen LogP contribution < -0.4 is 0 Å². The second kappa shape index (κ2) is 6.94. The Morgan fingerprint density at radius 1 is 0.914 bits per heavy atom. The number of rotatable bonds is 3. The highest BCUT2D eigenvalue weighted by molar-refractivity contribution is 5.86. The molecule has 0 aromatic rings. The Balaban J connectivity index is 1.28. The quantitative estimate of drug-likeness (QED) is 0.508. The number of aliphatic hydroxyl groups is 2. The summed E-state index contributed by atoms with van der Waals surface area (Å²) in [5.74, 6) is 1.94. The molecule has 0 amide bonds. The topological polar surface area (TPSA) is 66.8 Å². The van der Waals surface area contributed by atoms with E-state index in [1.807, 2.05) is 13.8 Å². The average Bonchev–Trinajstić information content (AvgIpc) is 3.17. The Morgan fingerprint density at radius 3 is 2.23 bits per heavy atom. The van der Waals surface area contributed by atoms with Gasteiger partial charge in [0.25, 0.3) is 0 Å². The largest absolute Gasteiger partial charge is 0.393 e. The second-order valence-electron chi connectivity index (χ2n) is 16.0. The van der Waals surface area contributed by atoms with Crippen molar-refractivity contribution in [3.05, 3.63) is 0 Å². The summed E-state index contributed by atoms with van der Waals surface area (Å²) in [5.41, 5.74) is -0.241. The van der Waals surface area contributed by atoms with Crippen molar-refractivity contribution in [2.24, 2.45) is 44.8 Å². The van der Waals surface area contributed by atoms with Gasteiger partial charge in [0.2, 0.25) is 0 Å². The van der Waals surface area contributed by atoms with Crippen molar-refractivity contribution in [3.8, 4) is 0 Å². The number of carbonyl (C=O) groups is 1. The Hall–Kier alpha value is -0.450. The molecule has 6 rings (SSSR count). The summed E-state index contributed by atoms with van der Waals surface area (Å²) in [5, 5.41) is 22.2. The van der Waals surface area contributed by atoms with E-state index in [0.717, 1.165) is 38.5 Å². The van der Waals surface area contributed by atoms with E-state index in [4.69, 9.17) is 4.74 Å². The van der Waals surface area contributed by atoms with Gasteiger partial charge in [-0.15, -0.1) is 0 Å². The molecule has 6 fully saturated rings. The average molecular weight is 487 g/mol. The summed E-state index contributed by atoms with van der Waals surface area (Å²) < 4.78 is 6.53. The molecule has 0 aromatic heterocycles. The molecule has 5 aliphatic carbocycles. The lowest BCUT2D eigenvalue weighted by Gasteiger charge is -2.62. The van der Waals surface area contributed by atoms with Gasteiger partial charge in [0, 0.05) is 11.8 Å². The molecule has 1 aliphatic heterocycles. The Morgan fingerprint density at radius 2 is 1.57 bits per heavy atom. The van der Waals surface area contributed by atoms with Crippen LogP contribution in [0.25, 0.3) is 0 Å². The number of ether oxygens (including phenoxy) is 1. The summed E-state index contributed by atoms with van der Waals surface area (Å²) in [4.78, 5) is 12.9. The van der Waals surface area contributed by atoms with Crippen molar-refractivity contribution in [1.82, 2.24) is 0 Å². The summed E-state index contributed by atoms with van der Waals surface area (Å²) in [6.07, 6.45) is 11.3. The predicted octanol–water partition coefficient (Wildman–Crippen LogP) is 6.06. The number of hydrogen-bond acceptors (Lipinski definition) is 4. The van der Waals surface area contributed by atoms with Gasteiger partial charge in [-0.1, -0.05) is 27.7 Å². The maximum atomic E-state index is 12.9. The standard InChI is InChI=1S/C31H50O4/c1-25(2)21-8-9-22-29(7)17-20(32)19(16-27(5)12-11-24(35-27)26(3,4)34)28(29,6)14-15-31(22)18-30(21,31)13-10-23(25)33/h19-22,24,32,34H,8-18H2,1-7H3/t19?,20-,21-,22?,24-,27+,28?,29-,30?,31?/m0/s1. The SMILES string of the molecule is CC(C)(O)[C@@H]1CC[C@](C)(CC2[C@@H](O)C[C@@]3(C)C4CC[C@H]5C(C)(C)C(=O)CCC56CC46CCC23C)O1. The van der Waals surface area contributed by atoms with Crippen LogP contribution in [0.1, 0.15) is 119 Å². The van der Waals surface area contributed by atoms with Crippen molar-refractivity contribution < 1.29 is 19.7 Å². The van der Waals surface area contributed by atoms with Crippen molar-refractivity contribution in [1.29, 1.82) is 0 Å². The zero-order chi connectivity index (χ0) is 25.4. The number of carbonyl (C=O) groups excluding carboxylic acids is 1. The van der Waals surface area contributed by atoms with E-state index < -0.39 is 5.60 Å². The molecule has 2 spiro atoms. The summed E-state index contributed by atoms with van der Waals surface area (Å²) in [7, 11) is 0. The first-order chi connectivity index (χ1) is 16.0. The van der Waals surface area contributed by atoms with Gasteiger partial charge in [-0.3, -0.25) is 4.79 Å². The van der Waals surface area contributed by atoms with Gasteiger partial charge in [0.1, 0.15) is 5.78 Å². The van der Waals surface area contributed by atoms with Gasteiger partial charge in [-0.25, -0.2) is 0 Å². The monoisotopic (exact) mass is 486 g/mol. The van der Waals surface area contributed by atoms with Gasteiger partial charge in [-0.05, 0) is 124 Å². The fraction of sp³-hybridized carbons (Fsp3) is 0.968. The van der Waals surface area contributed by atoms with Crippen molar-refractivity contribution in [3.63, 3.8) is 0 Å². The number of Topliss-reactive ketones (excluding diaryl/α,β-unsaturated/α-hetero) is 1. The van der Waals surface area contributed by atoms with E-state index in [1.54, 1.807) is 0 Å². The van der Waals surface area contributed by atoms with Crippen LogP contribution in [0.15, 0.2) is 0 Å². The molecule has 198 valence electrons. The van der Waals surface area contributed by atoms with Crippen molar-refractivity contribution in [2.45, 2.75) is 143 Å². The number of fused-ring (bicyclic) bond motifs is 2. The maximum Gasteiger partial charge on any atom is 0.138 e. The molecule has 2 N–H and O–H groups in total. The van der Waals surface area contributed by atoms with Gasteiger partial charge < -0.3 is 14.9 Å². The van der Waals surface area contributed by atoms with Crippen molar-refractivity contribution >= 4 is 5.78 Å². The van der Waals surface area contributed by atoms with Crippen LogP contribution >= 0.6 is 0 Å². The number of aliphatic hydroxyl groups excluding tert-OH is 1. The molecular formula is C31H50O4. The third-order valence-corrected chi connectivity index (χ3v) is 13.8. The third kappa shape index (κ3) is 2.94. The first kappa shape index (κ1) is 24.9. The molecule has 1 saturated heterocycles. The second-order valence-corrected chi connectivity index (χ2v) is 16.0. The molecule has 0 radical (unpaired) electrons. The highest BCUT2D eigenvalue weighted by atomic mass is 16.5. The fourth-order valence-electron chi connectivity index (χ4n) is 11.7. The zero-order valence-electron chi connectivity index (χ0n) is 23.4. The summed E-state index contributed by atoms with van der Waals surface area (Å²) >= 11 is 0. The smallest absolute Gasteiger partial charge is 0.138 e. The van der Waals surface area contributed by atoms with Crippen LogP contribution in [0.4, 0.5) is 0 Å². The van der Waals surface area contributed by atoms with Crippen LogP contribution in [0.3, 0.4) is 0 Å². The predicted molar refractivity (Wildman–Crippen MR) is 137 cm³/mol. The maximum absolute atomic E-state index is 12.9. The van der Waals surface area contributed by atoms with E-state index in [-0.39, 0.29) is 40.0 Å². The molecule has 0 aromatic carbocycles. The van der Waals surface area contributed by atoms with Crippen LogP contribution in [-0.4, -0.2) is 39.4 Å². The van der Waals surface area contributed by atoms with Crippen LogP contribution in [0.5, 0.6) is 0 Å². The zero-order valence-corrected chi connectivity index (χ0v) is 23.4. The lowest BCUT2D eigenvalue weighted by atomic mass is 9.42. The molecule has 0 bridgehead atoms. The molecule has 10 atom stereocenters. The van der Waals surface area contributed by atoms with E-state index in [9.17, 15) is 15.0 Å². The summed E-state index contributed by atoms with van der Waals surface area (Å²) in [6, 6.07) is 0.